The summed E-state index contributed by atoms with van der Waals surface area (Å²) in [6, 6.07) is 6.94. The van der Waals surface area contributed by atoms with Crippen LogP contribution in [-0.4, -0.2) is 28.4 Å². The fraction of sp³-hybridized carbons (Fsp3) is 0.524. The molecular formula is C21H27N3O2. The predicted octanol–water partition coefficient (Wildman–Crippen LogP) is 3.60. The first-order valence-corrected chi connectivity index (χ1v) is 9.60. The largest absolute Gasteiger partial charge is 0.447 e. The second-order valence-electron chi connectivity index (χ2n) is 7.92. The number of aryl methyl sites for hydroxylation is 2. The summed E-state index contributed by atoms with van der Waals surface area (Å²) in [7, 11) is 0. The van der Waals surface area contributed by atoms with Crippen molar-refractivity contribution in [3.63, 3.8) is 0 Å². The number of rotatable bonds is 8. The first-order chi connectivity index (χ1) is 12.6. The van der Waals surface area contributed by atoms with Crippen LogP contribution in [0.5, 0.6) is 0 Å². The van der Waals surface area contributed by atoms with Gasteiger partial charge in [-0.15, -0.1) is 0 Å². The molecule has 0 atom stereocenters. The van der Waals surface area contributed by atoms with E-state index in [0.717, 1.165) is 31.8 Å². The minimum absolute atomic E-state index is 0.120. The normalized spacial score (nSPS) is 16.9. The van der Waals surface area contributed by atoms with E-state index >= 15 is 0 Å². The number of amides is 1. The molecule has 1 heterocycles. The molecule has 0 aliphatic heterocycles. The molecule has 5 nitrogen and oxygen atoms in total. The lowest BCUT2D eigenvalue weighted by molar-refractivity contribution is 0.0946. The lowest BCUT2D eigenvalue weighted by Crippen LogP contribution is -2.27. The molecule has 26 heavy (non-hydrogen) atoms. The quantitative estimate of drug-likeness (QED) is 0.788. The Morgan fingerprint density at radius 3 is 2.77 bits per heavy atom. The van der Waals surface area contributed by atoms with Crippen LogP contribution >= 0.6 is 0 Å². The third-order valence-electron chi connectivity index (χ3n) is 5.17. The summed E-state index contributed by atoms with van der Waals surface area (Å²) in [6.45, 7) is 6.87. The number of nitrogens with one attached hydrogen (secondary N) is 1. The van der Waals surface area contributed by atoms with Crippen molar-refractivity contribution in [2.75, 3.05) is 6.54 Å². The van der Waals surface area contributed by atoms with Crippen molar-refractivity contribution < 1.29 is 9.21 Å². The van der Waals surface area contributed by atoms with Gasteiger partial charge < -0.3 is 9.73 Å². The second-order valence-corrected chi connectivity index (χ2v) is 7.92. The van der Waals surface area contributed by atoms with Gasteiger partial charge in [0.15, 0.2) is 5.69 Å². The topological polar surface area (TPSA) is 58.4 Å². The molecule has 0 unspecified atom stereocenters. The Hall–Kier alpha value is -2.14. The van der Waals surface area contributed by atoms with E-state index in [1.54, 1.807) is 0 Å². The Labute approximate surface area is 154 Å². The molecule has 2 saturated carbocycles. The van der Waals surface area contributed by atoms with Crippen LogP contribution < -0.4 is 5.32 Å². The SMILES string of the molecule is Cc1ccc(C)c(CN(Cc2nc(C(=O)NC3CC3)co2)CC2CC2)c1. The minimum atomic E-state index is -0.120. The van der Waals surface area contributed by atoms with E-state index in [0.29, 0.717) is 24.2 Å². The Morgan fingerprint density at radius 2 is 2.04 bits per heavy atom. The summed E-state index contributed by atoms with van der Waals surface area (Å²) in [6.07, 6.45) is 6.25. The highest BCUT2D eigenvalue weighted by atomic mass is 16.3. The van der Waals surface area contributed by atoms with Gasteiger partial charge in [0.25, 0.3) is 5.91 Å². The molecule has 2 aliphatic carbocycles. The fourth-order valence-corrected chi connectivity index (χ4v) is 3.23. The molecule has 1 amide bonds. The maximum Gasteiger partial charge on any atom is 0.273 e. The van der Waals surface area contributed by atoms with Crippen molar-refractivity contribution in [2.45, 2.75) is 58.7 Å². The van der Waals surface area contributed by atoms with Gasteiger partial charge in [0.05, 0.1) is 6.54 Å². The number of hydrogen-bond acceptors (Lipinski definition) is 4. The number of hydrogen-bond donors (Lipinski definition) is 1. The maximum atomic E-state index is 12.1. The van der Waals surface area contributed by atoms with E-state index in [1.165, 1.54) is 35.8 Å². The van der Waals surface area contributed by atoms with Gasteiger partial charge in [0, 0.05) is 19.1 Å². The monoisotopic (exact) mass is 353 g/mol. The molecule has 0 bridgehead atoms. The molecule has 138 valence electrons. The molecule has 2 aliphatic rings. The predicted molar refractivity (Wildman–Crippen MR) is 99.7 cm³/mol. The molecular weight excluding hydrogens is 326 g/mol. The summed E-state index contributed by atoms with van der Waals surface area (Å²) >= 11 is 0. The van der Waals surface area contributed by atoms with Gasteiger partial charge in [-0.1, -0.05) is 23.8 Å². The Kier molecular flexibility index (Phi) is 4.81. The first-order valence-electron chi connectivity index (χ1n) is 9.60. The Morgan fingerprint density at radius 1 is 1.23 bits per heavy atom. The van der Waals surface area contributed by atoms with Crippen LogP contribution in [0.4, 0.5) is 0 Å². The molecule has 2 fully saturated rings. The van der Waals surface area contributed by atoms with Crippen molar-refractivity contribution >= 4 is 5.91 Å². The zero-order chi connectivity index (χ0) is 18.1. The Bertz CT molecular complexity index is 790. The van der Waals surface area contributed by atoms with Crippen LogP contribution in [0.15, 0.2) is 28.9 Å². The average Bonchev–Trinajstić information content (AvgIpc) is 3.53. The van der Waals surface area contributed by atoms with Gasteiger partial charge in [0.1, 0.15) is 6.26 Å². The maximum absolute atomic E-state index is 12.1. The molecule has 0 radical (unpaired) electrons. The number of carbonyl (C=O) groups excluding carboxylic acids is 1. The summed E-state index contributed by atoms with van der Waals surface area (Å²) in [5, 5.41) is 2.96. The molecule has 0 saturated heterocycles. The number of benzene rings is 1. The number of oxazole rings is 1. The van der Waals surface area contributed by atoms with Gasteiger partial charge >= 0.3 is 0 Å². The van der Waals surface area contributed by atoms with Crippen LogP contribution in [0.1, 0.15) is 58.8 Å². The van der Waals surface area contributed by atoms with E-state index in [2.05, 4.69) is 47.2 Å². The third kappa shape index (κ3) is 4.52. The van der Waals surface area contributed by atoms with Gasteiger partial charge in [-0.05, 0) is 56.6 Å². The van der Waals surface area contributed by atoms with E-state index < -0.39 is 0 Å². The molecule has 4 rings (SSSR count). The van der Waals surface area contributed by atoms with Crippen LogP contribution in [0.2, 0.25) is 0 Å². The molecule has 1 aromatic heterocycles. The van der Waals surface area contributed by atoms with Crippen molar-refractivity contribution in [1.29, 1.82) is 0 Å². The highest BCUT2D eigenvalue weighted by molar-refractivity contribution is 5.92. The van der Waals surface area contributed by atoms with Gasteiger partial charge in [0.2, 0.25) is 5.89 Å². The first kappa shape index (κ1) is 17.3. The zero-order valence-electron chi connectivity index (χ0n) is 15.6. The second kappa shape index (κ2) is 7.23. The van der Waals surface area contributed by atoms with Crippen LogP contribution in [0.3, 0.4) is 0 Å². The minimum Gasteiger partial charge on any atom is -0.447 e. The van der Waals surface area contributed by atoms with E-state index in [4.69, 9.17) is 4.42 Å². The van der Waals surface area contributed by atoms with Gasteiger partial charge in [-0.25, -0.2) is 4.98 Å². The number of aromatic nitrogens is 1. The summed E-state index contributed by atoms with van der Waals surface area (Å²) in [4.78, 5) is 18.9. The van der Waals surface area contributed by atoms with Crippen molar-refractivity contribution in [1.82, 2.24) is 15.2 Å². The van der Waals surface area contributed by atoms with Crippen LogP contribution in [-0.2, 0) is 13.1 Å². The summed E-state index contributed by atoms with van der Waals surface area (Å²) in [5.74, 6) is 1.29. The molecule has 2 aromatic rings. The molecule has 0 spiro atoms. The van der Waals surface area contributed by atoms with Crippen molar-refractivity contribution in [3.8, 4) is 0 Å². The van der Waals surface area contributed by atoms with E-state index in [-0.39, 0.29) is 5.91 Å². The summed E-state index contributed by atoms with van der Waals surface area (Å²) < 4.78 is 5.60. The average molecular weight is 353 g/mol. The number of carbonyl (C=O) groups is 1. The summed E-state index contributed by atoms with van der Waals surface area (Å²) in [5.41, 5.74) is 4.34. The highest BCUT2D eigenvalue weighted by Crippen LogP contribution is 2.31. The lowest BCUT2D eigenvalue weighted by Gasteiger charge is -2.22. The zero-order valence-corrected chi connectivity index (χ0v) is 15.6. The van der Waals surface area contributed by atoms with Gasteiger partial charge in [-0.3, -0.25) is 9.69 Å². The Balaban J connectivity index is 1.44. The third-order valence-corrected chi connectivity index (χ3v) is 5.17. The van der Waals surface area contributed by atoms with Crippen LogP contribution in [0, 0.1) is 19.8 Å². The molecule has 1 aromatic carbocycles. The van der Waals surface area contributed by atoms with E-state index in [1.807, 2.05) is 0 Å². The van der Waals surface area contributed by atoms with Gasteiger partial charge in [-0.2, -0.15) is 0 Å². The lowest BCUT2D eigenvalue weighted by atomic mass is 10.1. The highest BCUT2D eigenvalue weighted by Gasteiger charge is 2.27. The molecule has 5 heteroatoms. The van der Waals surface area contributed by atoms with E-state index in [9.17, 15) is 4.79 Å². The van der Waals surface area contributed by atoms with Crippen molar-refractivity contribution in [2.24, 2.45) is 5.92 Å². The number of nitrogens with zero attached hydrogens (tertiary/aromatic N) is 2. The smallest absolute Gasteiger partial charge is 0.273 e. The van der Waals surface area contributed by atoms with Crippen molar-refractivity contribution in [3.05, 3.63) is 52.7 Å². The molecule has 1 N–H and O–H groups in total. The van der Waals surface area contributed by atoms with Crippen LogP contribution in [0.25, 0.3) is 0 Å². The standard InChI is InChI=1S/C21H27N3O2/c1-14-3-4-15(2)17(9-14)11-24(10-16-5-6-16)12-20-23-19(13-26-20)21(25)22-18-7-8-18/h3-4,9,13,16,18H,5-8,10-12H2,1-2H3,(H,22,25). The fourth-order valence-electron chi connectivity index (χ4n) is 3.23.